The smallest absolute Gasteiger partial charge is 0.241 e. The number of nitrogens with zero attached hydrogens (tertiary/aromatic N) is 2. The standard InChI is InChI=1S/C17H19FN2O3S/c1-12-9-13(19-23-12)10-24(21,22)20-11-17(7-2-3-8-17)14-5-4-6-15(18)16(14)20/h4-6,9H,2-3,7-8,10-11H2,1H3. The average molecular weight is 350 g/mol. The van der Waals surface area contributed by atoms with Crippen LogP contribution < -0.4 is 4.31 Å². The van der Waals surface area contributed by atoms with Crippen molar-refractivity contribution in [2.24, 2.45) is 0 Å². The molecule has 1 aromatic carbocycles. The van der Waals surface area contributed by atoms with E-state index in [2.05, 4.69) is 5.16 Å². The summed E-state index contributed by atoms with van der Waals surface area (Å²) in [6, 6.07) is 6.47. The molecule has 1 aromatic heterocycles. The largest absolute Gasteiger partial charge is 0.361 e. The first-order chi connectivity index (χ1) is 11.4. The Morgan fingerprint density at radius 2 is 2.08 bits per heavy atom. The summed E-state index contributed by atoms with van der Waals surface area (Å²) < 4.78 is 46.6. The quantitative estimate of drug-likeness (QED) is 0.852. The Morgan fingerprint density at radius 1 is 1.33 bits per heavy atom. The molecule has 2 aromatic rings. The molecule has 0 radical (unpaired) electrons. The summed E-state index contributed by atoms with van der Waals surface area (Å²) in [6.45, 7) is 2.03. The molecule has 0 amide bonds. The van der Waals surface area contributed by atoms with Crippen molar-refractivity contribution >= 4 is 15.7 Å². The van der Waals surface area contributed by atoms with Gasteiger partial charge < -0.3 is 4.52 Å². The lowest BCUT2D eigenvalue weighted by molar-refractivity contribution is 0.392. The molecule has 1 aliphatic heterocycles. The van der Waals surface area contributed by atoms with Crippen LogP contribution in [0.1, 0.15) is 42.7 Å². The van der Waals surface area contributed by atoms with Crippen molar-refractivity contribution in [1.29, 1.82) is 0 Å². The van der Waals surface area contributed by atoms with Crippen LogP contribution in [-0.2, 0) is 21.2 Å². The molecule has 24 heavy (non-hydrogen) atoms. The van der Waals surface area contributed by atoms with E-state index in [0.29, 0.717) is 18.0 Å². The Bertz CT molecular complexity index is 885. The summed E-state index contributed by atoms with van der Waals surface area (Å²) >= 11 is 0. The molecule has 0 N–H and O–H groups in total. The normalized spacial score (nSPS) is 19.2. The number of fused-ring (bicyclic) bond motifs is 2. The number of sulfonamides is 1. The molecule has 2 aliphatic rings. The molecule has 0 saturated heterocycles. The number of benzene rings is 1. The van der Waals surface area contributed by atoms with Crippen LogP contribution in [-0.4, -0.2) is 20.1 Å². The molecule has 4 rings (SSSR count). The van der Waals surface area contributed by atoms with Gasteiger partial charge in [0.25, 0.3) is 0 Å². The lowest BCUT2D eigenvalue weighted by atomic mass is 9.81. The third-order valence-corrected chi connectivity index (χ3v) is 6.80. The Labute approximate surface area is 140 Å². The van der Waals surface area contributed by atoms with Gasteiger partial charge in [0.1, 0.15) is 23.0 Å². The van der Waals surface area contributed by atoms with Crippen molar-refractivity contribution < 1.29 is 17.3 Å². The Balaban J connectivity index is 1.76. The van der Waals surface area contributed by atoms with E-state index in [1.807, 2.05) is 6.07 Å². The van der Waals surface area contributed by atoms with Gasteiger partial charge in [-0.05, 0) is 31.4 Å². The zero-order chi connectivity index (χ0) is 16.9. The number of hydrogen-bond donors (Lipinski definition) is 0. The molecule has 1 fully saturated rings. The summed E-state index contributed by atoms with van der Waals surface area (Å²) in [5.41, 5.74) is 1.15. The lowest BCUT2D eigenvalue weighted by Gasteiger charge is -2.25. The van der Waals surface area contributed by atoms with Crippen molar-refractivity contribution in [3.63, 3.8) is 0 Å². The first-order valence-electron chi connectivity index (χ1n) is 8.13. The minimum absolute atomic E-state index is 0.222. The van der Waals surface area contributed by atoms with E-state index in [9.17, 15) is 12.8 Å². The summed E-state index contributed by atoms with van der Waals surface area (Å²) in [7, 11) is -3.73. The molecule has 0 atom stereocenters. The van der Waals surface area contributed by atoms with E-state index in [4.69, 9.17) is 4.52 Å². The van der Waals surface area contributed by atoms with E-state index < -0.39 is 15.8 Å². The molecule has 0 unspecified atom stereocenters. The van der Waals surface area contributed by atoms with Crippen LogP contribution in [0.4, 0.5) is 10.1 Å². The predicted molar refractivity (Wildman–Crippen MR) is 87.8 cm³/mol. The van der Waals surface area contributed by atoms with Crippen LogP contribution in [0.15, 0.2) is 28.8 Å². The second-order valence-corrected chi connectivity index (χ2v) is 8.71. The van der Waals surface area contributed by atoms with E-state index in [-0.39, 0.29) is 16.9 Å². The van der Waals surface area contributed by atoms with Gasteiger partial charge in [0.15, 0.2) is 0 Å². The van der Waals surface area contributed by atoms with Gasteiger partial charge in [-0.1, -0.05) is 30.1 Å². The van der Waals surface area contributed by atoms with Crippen LogP contribution in [0.3, 0.4) is 0 Å². The second-order valence-electron chi connectivity index (χ2n) is 6.82. The second kappa shape index (κ2) is 5.31. The minimum Gasteiger partial charge on any atom is -0.361 e. The first-order valence-corrected chi connectivity index (χ1v) is 9.74. The van der Waals surface area contributed by atoms with Crippen molar-refractivity contribution in [3.8, 4) is 0 Å². The molecule has 128 valence electrons. The highest BCUT2D eigenvalue weighted by Gasteiger charge is 2.49. The van der Waals surface area contributed by atoms with Crippen LogP contribution in [0.2, 0.25) is 0 Å². The minimum atomic E-state index is -3.73. The maximum Gasteiger partial charge on any atom is 0.241 e. The van der Waals surface area contributed by atoms with Gasteiger partial charge in [-0.3, -0.25) is 4.31 Å². The molecule has 7 heteroatoms. The third-order valence-electron chi connectivity index (χ3n) is 5.16. The SMILES string of the molecule is Cc1cc(CS(=O)(=O)N2CC3(CCCC3)c3cccc(F)c32)no1. The van der Waals surface area contributed by atoms with E-state index >= 15 is 0 Å². The number of hydrogen-bond acceptors (Lipinski definition) is 4. The van der Waals surface area contributed by atoms with Crippen molar-refractivity contribution in [3.05, 3.63) is 47.1 Å². The fraction of sp³-hybridized carbons (Fsp3) is 0.471. The van der Waals surface area contributed by atoms with Gasteiger partial charge in [0, 0.05) is 18.0 Å². The fourth-order valence-electron chi connectivity index (χ4n) is 4.10. The van der Waals surface area contributed by atoms with Crippen LogP contribution in [0.5, 0.6) is 0 Å². The molecule has 1 spiro atoms. The van der Waals surface area contributed by atoms with Crippen molar-refractivity contribution in [2.45, 2.75) is 43.8 Å². The van der Waals surface area contributed by atoms with E-state index in [0.717, 1.165) is 31.2 Å². The molecule has 1 aliphatic carbocycles. The highest BCUT2D eigenvalue weighted by atomic mass is 32.2. The number of para-hydroxylation sites is 1. The molecular weight excluding hydrogens is 331 g/mol. The molecule has 0 bridgehead atoms. The van der Waals surface area contributed by atoms with Crippen LogP contribution in [0.25, 0.3) is 0 Å². The lowest BCUT2D eigenvalue weighted by Crippen LogP contribution is -2.36. The first kappa shape index (κ1) is 15.6. The average Bonchev–Trinajstić information content (AvgIpc) is 3.22. The number of anilines is 1. The Hall–Kier alpha value is -1.89. The van der Waals surface area contributed by atoms with Crippen molar-refractivity contribution in [1.82, 2.24) is 5.16 Å². The van der Waals surface area contributed by atoms with Gasteiger partial charge in [-0.25, -0.2) is 12.8 Å². The van der Waals surface area contributed by atoms with Gasteiger partial charge in [0.2, 0.25) is 10.0 Å². The maximum absolute atomic E-state index is 14.5. The molecular formula is C17H19FN2O3S. The fourth-order valence-corrected chi connectivity index (χ4v) is 5.68. The summed E-state index contributed by atoms with van der Waals surface area (Å²) in [5, 5.41) is 3.77. The summed E-state index contributed by atoms with van der Waals surface area (Å²) in [4.78, 5) is 0. The number of aryl methyl sites for hydroxylation is 1. The van der Waals surface area contributed by atoms with Gasteiger partial charge >= 0.3 is 0 Å². The van der Waals surface area contributed by atoms with Crippen molar-refractivity contribution in [2.75, 3.05) is 10.8 Å². The van der Waals surface area contributed by atoms with E-state index in [1.54, 1.807) is 19.1 Å². The highest BCUT2D eigenvalue weighted by molar-refractivity contribution is 7.92. The number of aromatic nitrogens is 1. The monoisotopic (exact) mass is 350 g/mol. The van der Waals surface area contributed by atoms with Crippen LogP contribution >= 0.6 is 0 Å². The Morgan fingerprint density at radius 3 is 2.75 bits per heavy atom. The van der Waals surface area contributed by atoms with Crippen LogP contribution in [0, 0.1) is 12.7 Å². The Kier molecular flexibility index (Phi) is 3.46. The number of halogens is 1. The number of rotatable bonds is 3. The zero-order valence-corrected chi connectivity index (χ0v) is 14.3. The summed E-state index contributed by atoms with van der Waals surface area (Å²) in [6.07, 6.45) is 3.90. The maximum atomic E-state index is 14.5. The molecule has 1 saturated carbocycles. The molecule has 5 nitrogen and oxygen atoms in total. The van der Waals surface area contributed by atoms with E-state index in [1.165, 1.54) is 10.4 Å². The predicted octanol–water partition coefficient (Wildman–Crippen LogP) is 3.28. The van der Waals surface area contributed by atoms with Gasteiger partial charge in [-0.15, -0.1) is 0 Å². The zero-order valence-electron chi connectivity index (χ0n) is 13.5. The van der Waals surface area contributed by atoms with Gasteiger partial charge in [0.05, 0.1) is 5.69 Å². The topological polar surface area (TPSA) is 63.4 Å². The van der Waals surface area contributed by atoms with Gasteiger partial charge in [-0.2, -0.15) is 0 Å². The third kappa shape index (κ3) is 2.33. The summed E-state index contributed by atoms with van der Waals surface area (Å²) in [5.74, 6) is -0.203. The molecule has 2 heterocycles. The highest BCUT2D eigenvalue weighted by Crippen LogP contribution is 2.52.